The standard InChI is InChI=1S/C16H22N4O4/c1-10-11(8-14(21)23-6)7-12(9-13(10)18-19-17)20(5)15(22)24-16(2,3)4/h7,9H,8H2,1-6H3. The quantitative estimate of drug-likeness (QED) is 0.359. The van der Waals surface area contributed by atoms with Gasteiger partial charge in [-0.2, -0.15) is 0 Å². The Labute approximate surface area is 141 Å². The predicted octanol–water partition coefficient (Wildman–Crippen LogP) is 4.02. The third kappa shape index (κ3) is 5.17. The minimum absolute atomic E-state index is 0.00623. The summed E-state index contributed by atoms with van der Waals surface area (Å²) in [4.78, 5) is 27.9. The van der Waals surface area contributed by atoms with Crippen LogP contribution in [-0.2, 0) is 20.7 Å². The van der Waals surface area contributed by atoms with E-state index in [2.05, 4.69) is 14.8 Å². The first-order valence-corrected chi connectivity index (χ1v) is 7.31. The van der Waals surface area contributed by atoms with Crippen molar-refractivity contribution in [1.29, 1.82) is 0 Å². The number of rotatable bonds is 4. The Kier molecular flexibility index (Phi) is 6.20. The monoisotopic (exact) mass is 334 g/mol. The molecule has 0 saturated heterocycles. The Balaban J connectivity index is 3.29. The molecule has 1 aromatic carbocycles. The van der Waals surface area contributed by atoms with Crippen molar-refractivity contribution in [2.24, 2.45) is 5.11 Å². The number of amides is 1. The van der Waals surface area contributed by atoms with Crippen LogP contribution in [0.25, 0.3) is 10.4 Å². The van der Waals surface area contributed by atoms with Gasteiger partial charge in [-0.25, -0.2) is 4.79 Å². The van der Waals surface area contributed by atoms with Crippen LogP contribution in [0.5, 0.6) is 0 Å². The zero-order valence-corrected chi connectivity index (χ0v) is 14.8. The average Bonchev–Trinajstić information content (AvgIpc) is 2.48. The molecule has 0 aliphatic rings. The summed E-state index contributed by atoms with van der Waals surface area (Å²) in [5.74, 6) is -0.429. The second-order valence-corrected chi connectivity index (χ2v) is 6.23. The van der Waals surface area contributed by atoms with Crippen LogP contribution in [0.1, 0.15) is 31.9 Å². The number of esters is 1. The molecule has 0 aliphatic heterocycles. The van der Waals surface area contributed by atoms with E-state index in [0.29, 0.717) is 22.5 Å². The Morgan fingerprint density at radius 2 is 1.96 bits per heavy atom. The van der Waals surface area contributed by atoms with Crippen LogP contribution in [0.15, 0.2) is 17.2 Å². The molecule has 0 saturated carbocycles. The molecule has 0 aliphatic carbocycles. The van der Waals surface area contributed by atoms with E-state index in [4.69, 9.17) is 10.3 Å². The summed E-state index contributed by atoms with van der Waals surface area (Å²) < 4.78 is 9.99. The van der Waals surface area contributed by atoms with E-state index in [9.17, 15) is 9.59 Å². The molecule has 0 N–H and O–H groups in total. The van der Waals surface area contributed by atoms with Gasteiger partial charge in [0, 0.05) is 23.3 Å². The van der Waals surface area contributed by atoms with Gasteiger partial charge >= 0.3 is 12.1 Å². The number of carbonyl (C=O) groups excluding carboxylic acids is 2. The second kappa shape index (κ2) is 7.70. The summed E-state index contributed by atoms with van der Waals surface area (Å²) in [6.07, 6.45) is -0.547. The van der Waals surface area contributed by atoms with Crippen LogP contribution < -0.4 is 4.90 Å². The molecule has 0 spiro atoms. The highest BCUT2D eigenvalue weighted by molar-refractivity contribution is 5.88. The minimum atomic E-state index is -0.640. The topological polar surface area (TPSA) is 105 Å². The molecule has 1 aromatic rings. The Morgan fingerprint density at radius 3 is 2.46 bits per heavy atom. The highest BCUT2D eigenvalue weighted by Gasteiger charge is 2.22. The lowest BCUT2D eigenvalue weighted by molar-refractivity contribution is -0.139. The molecule has 0 bridgehead atoms. The first-order chi connectivity index (χ1) is 11.1. The highest BCUT2D eigenvalue weighted by atomic mass is 16.6. The third-order valence-corrected chi connectivity index (χ3v) is 3.24. The van der Waals surface area contributed by atoms with E-state index in [1.54, 1.807) is 46.9 Å². The fraction of sp³-hybridized carbons (Fsp3) is 0.500. The lowest BCUT2D eigenvalue weighted by atomic mass is 10.0. The van der Waals surface area contributed by atoms with E-state index in [1.165, 1.54) is 12.0 Å². The summed E-state index contributed by atoms with van der Waals surface area (Å²) >= 11 is 0. The maximum absolute atomic E-state index is 12.2. The number of nitrogens with zero attached hydrogens (tertiary/aromatic N) is 4. The second-order valence-electron chi connectivity index (χ2n) is 6.23. The number of methoxy groups -OCH3 is 1. The molecule has 0 heterocycles. The number of benzene rings is 1. The lowest BCUT2D eigenvalue weighted by Gasteiger charge is -2.25. The van der Waals surface area contributed by atoms with Crippen molar-refractivity contribution in [1.82, 2.24) is 0 Å². The summed E-state index contributed by atoms with van der Waals surface area (Å²) in [6, 6.07) is 3.24. The van der Waals surface area contributed by atoms with Crippen molar-refractivity contribution in [2.75, 3.05) is 19.1 Å². The summed E-state index contributed by atoms with van der Waals surface area (Å²) in [5, 5.41) is 3.63. The van der Waals surface area contributed by atoms with Gasteiger partial charge in [0.15, 0.2) is 0 Å². The molecule has 0 fully saturated rings. The van der Waals surface area contributed by atoms with Gasteiger partial charge in [-0.15, -0.1) is 0 Å². The van der Waals surface area contributed by atoms with Crippen LogP contribution in [-0.4, -0.2) is 31.8 Å². The SMILES string of the molecule is COC(=O)Cc1cc(N(C)C(=O)OC(C)(C)C)cc(N=[N+]=[N-])c1C. The lowest BCUT2D eigenvalue weighted by Crippen LogP contribution is -2.34. The van der Waals surface area contributed by atoms with Crippen molar-refractivity contribution >= 4 is 23.4 Å². The molecule has 1 amide bonds. The van der Waals surface area contributed by atoms with Crippen LogP contribution in [0.2, 0.25) is 0 Å². The van der Waals surface area contributed by atoms with Crippen molar-refractivity contribution in [3.63, 3.8) is 0 Å². The molecular weight excluding hydrogens is 312 g/mol. The van der Waals surface area contributed by atoms with Crippen LogP contribution in [0.3, 0.4) is 0 Å². The third-order valence-electron chi connectivity index (χ3n) is 3.24. The zero-order valence-electron chi connectivity index (χ0n) is 14.8. The van der Waals surface area contributed by atoms with Gasteiger partial charge in [0.05, 0.1) is 13.5 Å². The van der Waals surface area contributed by atoms with Crippen LogP contribution in [0.4, 0.5) is 16.2 Å². The maximum Gasteiger partial charge on any atom is 0.414 e. The van der Waals surface area contributed by atoms with E-state index >= 15 is 0 Å². The first kappa shape index (κ1) is 19.3. The number of azide groups is 1. The molecule has 130 valence electrons. The Bertz CT molecular complexity index is 688. The van der Waals surface area contributed by atoms with Gasteiger partial charge in [0.2, 0.25) is 0 Å². The van der Waals surface area contributed by atoms with Crippen molar-refractivity contribution in [3.05, 3.63) is 33.7 Å². The molecule has 8 nitrogen and oxygen atoms in total. The van der Waals surface area contributed by atoms with Gasteiger partial charge in [-0.1, -0.05) is 5.11 Å². The van der Waals surface area contributed by atoms with Crippen molar-refractivity contribution in [3.8, 4) is 0 Å². The highest BCUT2D eigenvalue weighted by Crippen LogP contribution is 2.30. The zero-order chi connectivity index (χ0) is 18.5. The maximum atomic E-state index is 12.2. The molecular formula is C16H22N4O4. The molecule has 24 heavy (non-hydrogen) atoms. The van der Waals surface area contributed by atoms with E-state index in [0.717, 1.165) is 0 Å². The summed E-state index contributed by atoms with van der Waals surface area (Å²) in [5.41, 5.74) is 10.1. The fourth-order valence-electron chi connectivity index (χ4n) is 1.93. The van der Waals surface area contributed by atoms with Crippen molar-refractivity contribution < 1.29 is 19.1 Å². The number of hydrogen-bond acceptors (Lipinski definition) is 5. The fourth-order valence-corrected chi connectivity index (χ4v) is 1.93. The number of hydrogen-bond donors (Lipinski definition) is 0. The van der Waals surface area contributed by atoms with Gasteiger partial charge in [0.1, 0.15) is 5.60 Å². The Morgan fingerprint density at radius 1 is 1.33 bits per heavy atom. The van der Waals surface area contributed by atoms with Gasteiger partial charge < -0.3 is 9.47 Å². The summed E-state index contributed by atoms with van der Waals surface area (Å²) in [6.45, 7) is 7.03. The van der Waals surface area contributed by atoms with Crippen LogP contribution >= 0.6 is 0 Å². The minimum Gasteiger partial charge on any atom is -0.469 e. The predicted molar refractivity (Wildman–Crippen MR) is 90.3 cm³/mol. The smallest absolute Gasteiger partial charge is 0.414 e. The number of anilines is 1. The van der Waals surface area contributed by atoms with Crippen LogP contribution in [0, 0.1) is 6.92 Å². The van der Waals surface area contributed by atoms with Gasteiger partial charge in [-0.3, -0.25) is 9.69 Å². The number of carbonyl (C=O) groups is 2. The Hall–Kier alpha value is -2.73. The molecule has 0 radical (unpaired) electrons. The first-order valence-electron chi connectivity index (χ1n) is 7.31. The van der Waals surface area contributed by atoms with Gasteiger partial charge in [0.25, 0.3) is 0 Å². The largest absolute Gasteiger partial charge is 0.469 e. The number of ether oxygens (including phenoxy) is 2. The summed E-state index contributed by atoms with van der Waals surface area (Å²) in [7, 11) is 2.84. The van der Waals surface area contributed by atoms with Gasteiger partial charge in [-0.05, 0) is 56.5 Å². The molecule has 1 rings (SSSR count). The molecule has 8 heteroatoms. The molecule has 0 aromatic heterocycles. The van der Waals surface area contributed by atoms with E-state index in [-0.39, 0.29) is 6.42 Å². The van der Waals surface area contributed by atoms with Crippen molar-refractivity contribution in [2.45, 2.75) is 39.7 Å². The molecule has 0 atom stereocenters. The van der Waals surface area contributed by atoms with E-state index < -0.39 is 17.7 Å². The average molecular weight is 334 g/mol. The van der Waals surface area contributed by atoms with E-state index in [1.807, 2.05) is 0 Å². The molecule has 0 unspecified atom stereocenters. The normalized spacial score (nSPS) is 10.6.